The van der Waals surface area contributed by atoms with Gasteiger partial charge >= 0.3 is 0 Å². The molecule has 3 heteroatoms. The maximum absolute atomic E-state index is 7.82. The van der Waals surface area contributed by atoms with Crippen molar-refractivity contribution in [1.29, 1.82) is 0 Å². The first-order chi connectivity index (χ1) is 11.6. The van der Waals surface area contributed by atoms with Crippen LogP contribution in [0, 0.1) is 20.4 Å². The van der Waals surface area contributed by atoms with Crippen LogP contribution in [0.3, 0.4) is 0 Å². The number of aromatic nitrogens is 1. The second-order valence-electron chi connectivity index (χ2n) is 6.20. The molecule has 0 amide bonds. The van der Waals surface area contributed by atoms with E-state index in [1.54, 1.807) is 0 Å². The number of pyridine rings is 1. The molecule has 3 nitrogen and oxygen atoms in total. The molecule has 0 fully saturated rings. The molecule has 0 aliphatic heterocycles. The van der Waals surface area contributed by atoms with Crippen LogP contribution in [0.4, 0.5) is 5.69 Å². The van der Waals surface area contributed by atoms with Crippen molar-refractivity contribution in [2.75, 3.05) is 0 Å². The number of fused-ring (bicyclic) bond motifs is 3. The van der Waals surface area contributed by atoms with Gasteiger partial charge in [-0.25, -0.2) is 9.41 Å². The lowest BCUT2D eigenvalue weighted by molar-refractivity contribution is -0.660. The lowest BCUT2D eigenvalue weighted by atomic mass is 9.98. The zero-order valence-corrected chi connectivity index (χ0v) is 13.9. The van der Waals surface area contributed by atoms with Gasteiger partial charge in [-0.15, -0.1) is 0 Å². The molecule has 0 aliphatic carbocycles. The molecular weight excluding hydrogens is 296 g/mol. The van der Waals surface area contributed by atoms with Gasteiger partial charge in [-0.3, -0.25) is 0 Å². The lowest BCUT2D eigenvalue weighted by Gasteiger charge is -2.08. The summed E-state index contributed by atoms with van der Waals surface area (Å²) in [6.07, 6.45) is 2.00. The van der Waals surface area contributed by atoms with E-state index in [4.69, 9.17) is 11.0 Å². The van der Waals surface area contributed by atoms with Crippen molar-refractivity contribution in [3.8, 4) is 11.3 Å². The molecule has 0 saturated heterocycles. The van der Waals surface area contributed by atoms with E-state index in [1.807, 2.05) is 50.5 Å². The minimum absolute atomic E-state index is 0.663. The quantitative estimate of drug-likeness (QED) is 0.347. The minimum atomic E-state index is 0.663. The molecule has 2 aromatic carbocycles. The van der Waals surface area contributed by atoms with E-state index in [0.29, 0.717) is 5.69 Å². The largest absolute Gasteiger partial charge is 0.457 e. The molecule has 0 bridgehead atoms. The molecule has 0 N–H and O–H groups in total. The van der Waals surface area contributed by atoms with Gasteiger partial charge in [0.2, 0.25) is 11.4 Å². The van der Waals surface area contributed by atoms with Crippen molar-refractivity contribution < 1.29 is 8.98 Å². The molecule has 0 saturated carbocycles. The maximum Gasteiger partial charge on any atom is 0.212 e. The summed E-state index contributed by atoms with van der Waals surface area (Å²) in [7, 11) is 2.00. The van der Waals surface area contributed by atoms with Gasteiger partial charge in [0, 0.05) is 22.9 Å². The average molecular weight is 313 g/mol. The highest BCUT2D eigenvalue weighted by molar-refractivity contribution is 6.15. The van der Waals surface area contributed by atoms with E-state index in [2.05, 4.69) is 28.5 Å². The van der Waals surface area contributed by atoms with E-state index < -0.39 is 0 Å². The monoisotopic (exact) mass is 313 g/mol. The van der Waals surface area contributed by atoms with Gasteiger partial charge < -0.3 is 4.42 Å². The van der Waals surface area contributed by atoms with Crippen LogP contribution in [0.2, 0.25) is 0 Å². The van der Waals surface area contributed by atoms with E-state index in [0.717, 1.165) is 44.3 Å². The molecular formula is C21H17N2O+. The van der Waals surface area contributed by atoms with Crippen molar-refractivity contribution in [2.24, 2.45) is 7.05 Å². The predicted molar refractivity (Wildman–Crippen MR) is 96.1 cm³/mol. The normalized spacial score (nSPS) is 11.1. The summed E-state index contributed by atoms with van der Waals surface area (Å²) in [4.78, 5) is 3.91. The molecule has 4 rings (SSSR count). The third kappa shape index (κ3) is 2.00. The van der Waals surface area contributed by atoms with Crippen molar-refractivity contribution >= 4 is 27.6 Å². The van der Waals surface area contributed by atoms with E-state index >= 15 is 0 Å². The summed E-state index contributed by atoms with van der Waals surface area (Å²) in [6, 6.07) is 14.2. The Kier molecular flexibility index (Phi) is 3.14. The Hall–Kier alpha value is -3.12. The first-order valence-corrected chi connectivity index (χ1v) is 7.89. The number of rotatable bonds is 1. The van der Waals surface area contributed by atoms with Crippen LogP contribution in [-0.4, -0.2) is 0 Å². The maximum atomic E-state index is 7.82. The van der Waals surface area contributed by atoms with Crippen molar-refractivity contribution in [3.63, 3.8) is 0 Å². The Balaban J connectivity index is 2.21. The van der Waals surface area contributed by atoms with Gasteiger partial charge in [-0.05, 0) is 43.7 Å². The van der Waals surface area contributed by atoms with Gasteiger partial charge in [0.15, 0.2) is 6.20 Å². The van der Waals surface area contributed by atoms with Crippen LogP contribution in [0.25, 0.3) is 38.0 Å². The molecule has 0 atom stereocenters. The summed E-state index contributed by atoms with van der Waals surface area (Å²) in [5.74, 6) is 0. The molecule has 116 valence electrons. The van der Waals surface area contributed by atoms with Crippen LogP contribution in [-0.2, 0) is 7.05 Å². The number of nitrogens with zero attached hydrogens (tertiary/aromatic N) is 2. The van der Waals surface area contributed by atoms with E-state index in [9.17, 15) is 0 Å². The third-order valence-corrected chi connectivity index (χ3v) is 4.51. The van der Waals surface area contributed by atoms with E-state index in [-0.39, 0.29) is 0 Å². The zero-order chi connectivity index (χ0) is 16.8. The van der Waals surface area contributed by atoms with Crippen LogP contribution in [0.15, 0.2) is 53.1 Å². The van der Waals surface area contributed by atoms with Crippen molar-refractivity contribution in [2.45, 2.75) is 13.8 Å². The molecule has 0 aliphatic rings. The molecule has 0 unspecified atom stereocenters. The Labute approximate surface area is 140 Å². The number of hydrogen-bond donors (Lipinski definition) is 0. The molecule has 0 spiro atoms. The number of furan rings is 1. The van der Waals surface area contributed by atoms with Crippen molar-refractivity contribution in [3.05, 3.63) is 71.2 Å². The first kappa shape index (κ1) is 14.5. The fraction of sp³-hybridized carbons (Fsp3) is 0.143. The first-order valence-electron chi connectivity index (χ1n) is 7.89. The number of benzene rings is 2. The fourth-order valence-corrected chi connectivity index (χ4v) is 3.38. The standard InChI is InChI=1S/C21H17N2O/c1-13-8-9-17-15(11-13)20-18(24-17)12-14(2)19(21(20)22-3)16-7-5-6-10-23(16)4/h5-12H,1-2,4H3/q+1. The Morgan fingerprint density at radius 3 is 2.62 bits per heavy atom. The predicted octanol–water partition coefficient (Wildman–Crippen LogP) is 5.25. The Morgan fingerprint density at radius 2 is 1.88 bits per heavy atom. The molecule has 24 heavy (non-hydrogen) atoms. The van der Waals surface area contributed by atoms with Crippen molar-refractivity contribution in [1.82, 2.24) is 0 Å². The van der Waals surface area contributed by atoms with Crippen LogP contribution < -0.4 is 4.57 Å². The highest BCUT2D eigenvalue weighted by atomic mass is 16.3. The van der Waals surface area contributed by atoms with Crippen LogP contribution in [0.5, 0.6) is 0 Å². The average Bonchev–Trinajstić information content (AvgIpc) is 2.91. The molecule has 0 radical (unpaired) electrons. The summed E-state index contributed by atoms with van der Waals surface area (Å²) < 4.78 is 8.05. The summed E-state index contributed by atoms with van der Waals surface area (Å²) in [5.41, 5.74) is 6.49. The SMILES string of the molecule is [C-]#[N+]c1c(-c2cccc[n+]2C)c(C)cc2oc3ccc(C)cc3c12. The molecule has 2 heterocycles. The van der Waals surface area contributed by atoms with Gasteiger partial charge in [0.25, 0.3) is 0 Å². The summed E-state index contributed by atoms with van der Waals surface area (Å²) in [6.45, 7) is 11.9. The third-order valence-electron chi connectivity index (χ3n) is 4.51. The van der Waals surface area contributed by atoms with Gasteiger partial charge in [-0.2, -0.15) is 0 Å². The lowest BCUT2D eigenvalue weighted by Crippen LogP contribution is -2.30. The number of aryl methyl sites for hydroxylation is 3. The summed E-state index contributed by atoms with van der Waals surface area (Å²) >= 11 is 0. The van der Waals surface area contributed by atoms with Crippen LogP contribution in [0.1, 0.15) is 11.1 Å². The van der Waals surface area contributed by atoms with Gasteiger partial charge in [-0.1, -0.05) is 11.6 Å². The highest BCUT2D eigenvalue weighted by Gasteiger charge is 2.22. The zero-order valence-electron chi connectivity index (χ0n) is 13.9. The Bertz CT molecular complexity index is 1150. The second kappa shape index (κ2) is 5.21. The second-order valence-corrected chi connectivity index (χ2v) is 6.20. The minimum Gasteiger partial charge on any atom is -0.457 e. The smallest absolute Gasteiger partial charge is 0.212 e. The number of hydrogen-bond acceptors (Lipinski definition) is 1. The molecule has 4 aromatic rings. The van der Waals surface area contributed by atoms with E-state index in [1.165, 1.54) is 0 Å². The molecule has 2 aromatic heterocycles. The highest BCUT2D eigenvalue weighted by Crippen LogP contribution is 2.43. The van der Waals surface area contributed by atoms with Gasteiger partial charge in [0.05, 0.1) is 12.1 Å². The topological polar surface area (TPSA) is 21.4 Å². The fourth-order valence-electron chi connectivity index (χ4n) is 3.38. The van der Waals surface area contributed by atoms with Gasteiger partial charge in [0.1, 0.15) is 18.2 Å². The Morgan fingerprint density at radius 1 is 1.04 bits per heavy atom. The summed E-state index contributed by atoms with van der Waals surface area (Å²) in [5, 5.41) is 1.92. The van der Waals surface area contributed by atoms with Crippen LogP contribution >= 0.6 is 0 Å².